The molecular formula is C17H21BrFNO. The summed E-state index contributed by atoms with van der Waals surface area (Å²) in [6.07, 6.45) is 2.48. The lowest BCUT2D eigenvalue weighted by molar-refractivity contribution is 0.389. The smallest absolute Gasteiger partial charge is 0.127 e. The predicted molar refractivity (Wildman–Crippen MR) is 86.9 cm³/mol. The fraction of sp³-hybridized carbons (Fsp3) is 0.412. The summed E-state index contributed by atoms with van der Waals surface area (Å²) in [6.45, 7) is 5.06. The van der Waals surface area contributed by atoms with E-state index in [1.807, 2.05) is 24.3 Å². The van der Waals surface area contributed by atoms with Gasteiger partial charge in [-0.15, -0.1) is 0 Å². The third kappa shape index (κ3) is 4.42. The Labute approximate surface area is 133 Å². The van der Waals surface area contributed by atoms with Crippen molar-refractivity contribution in [1.82, 2.24) is 5.32 Å². The molecule has 1 unspecified atom stereocenters. The number of hydrogen-bond acceptors (Lipinski definition) is 2. The van der Waals surface area contributed by atoms with Gasteiger partial charge in [0.05, 0.1) is 6.04 Å². The molecule has 114 valence electrons. The number of nitrogens with one attached hydrogen (secondary N) is 1. The number of furan rings is 1. The molecule has 1 aromatic carbocycles. The van der Waals surface area contributed by atoms with Crippen molar-refractivity contribution in [2.45, 2.75) is 39.2 Å². The SMILES string of the molecule is CCCNC(Cc1ccc(Br)cc1F)c1ccc(CC)o1. The van der Waals surface area contributed by atoms with Gasteiger partial charge >= 0.3 is 0 Å². The van der Waals surface area contributed by atoms with Crippen molar-refractivity contribution in [2.24, 2.45) is 0 Å². The van der Waals surface area contributed by atoms with E-state index in [-0.39, 0.29) is 11.9 Å². The summed E-state index contributed by atoms with van der Waals surface area (Å²) >= 11 is 3.29. The van der Waals surface area contributed by atoms with Crippen molar-refractivity contribution in [3.63, 3.8) is 0 Å². The van der Waals surface area contributed by atoms with Crippen molar-refractivity contribution >= 4 is 15.9 Å². The summed E-state index contributed by atoms with van der Waals surface area (Å²) in [5.41, 5.74) is 0.696. The average molecular weight is 354 g/mol. The number of hydrogen-bond donors (Lipinski definition) is 1. The monoisotopic (exact) mass is 353 g/mol. The van der Waals surface area contributed by atoms with Crippen molar-refractivity contribution in [2.75, 3.05) is 6.54 Å². The number of benzene rings is 1. The molecule has 0 aliphatic rings. The topological polar surface area (TPSA) is 25.2 Å². The quantitative estimate of drug-likeness (QED) is 0.755. The second-order valence-corrected chi connectivity index (χ2v) is 6.02. The Kier molecular flexibility index (Phi) is 6.00. The first-order valence-electron chi connectivity index (χ1n) is 7.40. The lowest BCUT2D eigenvalue weighted by Gasteiger charge is -2.17. The van der Waals surface area contributed by atoms with E-state index in [4.69, 9.17) is 4.42 Å². The molecule has 1 aromatic heterocycles. The Morgan fingerprint density at radius 3 is 2.67 bits per heavy atom. The predicted octanol–water partition coefficient (Wildman–Crippen LogP) is 5.03. The zero-order valence-electron chi connectivity index (χ0n) is 12.5. The van der Waals surface area contributed by atoms with Gasteiger partial charge in [0.15, 0.2) is 0 Å². The summed E-state index contributed by atoms with van der Waals surface area (Å²) in [7, 11) is 0. The van der Waals surface area contributed by atoms with E-state index < -0.39 is 0 Å². The van der Waals surface area contributed by atoms with Crippen molar-refractivity contribution in [3.8, 4) is 0 Å². The summed E-state index contributed by atoms with van der Waals surface area (Å²) in [4.78, 5) is 0. The van der Waals surface area contributed by atoms with Crippen molar-refractivity contribution < 1.29 is 8.81 Å². The van der Waals surface area contributed by atoms with E-state index in [9.17, 15) is 4.39 Å². The van der Waals surface area contributed by atoms with Gasteiger partial charge in [0.1, 0.15) is 17.3 Å². The number of rotatable bonds is 7. The number of halogens is 2. The minimum atomic E-state index is -0.185. The van der Waals surface area contributed by atoms with Gasteiger partial charge in [-0.2, -0.15) is 0 Å². The van der Waals surface area contributed by atoms with Crippen LogP contribution in [0.3, 0.4) is 0 Å². The minimum Gasteiger partial charge on any atom is -0.464 e. The summed E-state index contributed by atoms with van der Waals surface area (Å²) in [6, 6.07) is 9.18. The van der Waals surface area contributed by atoms with Crippen molar-refractivity contribution in [1.29, 1.82) is 0 Å². The zero-order valence-corrected chi connectivity index (χ0v) is 14.0. The maximum atomic E-state index is 14.0. The summed E-state index contributed by atoms with van der Waals surface area (Å²) in [5, 5.41) is 3.44. The molecule has 0 aliphatic heterocycles. The van der Waals surface area contributed by atoms with Crippen LogP contribution < -0.4 is 5.32 Å². The average Bonchev–Trinajstić information content (AvgIpc) is 2.94. The Bertz CT molecular complexity index is 582. The maximum absolute atomic E-state index is 14.0. The van der Waals surface area contributed by atoms with E-state index in [1.165, 1.54) is 6.07 Å². The normalized spacial score (nSPS) is 12.6. The molecule has 1 heterocycles. The highest BCUT2D eigenvalue weighted by Crippen LogP contribution is 2.24. The molecule has 0 amide bonds. The molecule has 0 fully saturated rings. The van der Waals surface area contributed by atoms with Gasteiger partial charge in [-0.1, -0.05) is 35.8 Å². The lowest BCUT2D eigenvalue weighted by atomic mass is 10.0. The van der Waals surface area contributed by atoms with Gasteiger partial charge in [0.25, 0.3) is 0 Å². The highest BCUT2D eigenvalue weighted by atomic mass is 79.9. The fourth-order valence-electron chi connectivity index (χ4n) is 2.27. The molecule has 0 aliphatic carbocycles. The summed E-state index contributed by atoms with van der Waals surface area (Å²) in [5.74, 6) is 1.65. The van der Waals surface area contributed by atoms with Crippen LogP contribution in [0.25, 0.3) is 0 Å². The molecule has 0 spiro atoms. The van der Waals surface area contributed by atoms with Crippen LogP contribution in [0.4, 0.5) is 4.39 Å². The van der Waals surface area contributed by atoms with Gasteiger partial charge in [-0.25, -0.2) is 4.39 Å². The standard InChI is InChI=1S/C17H21BrFNO/c1-3-9-20-16(17-8-7-14(4-2)21-17)10-12-5-6-13(18)11-15(12)19/h5-8,11,16,20H,3-4,9-10H2,1-2H3. The molecule has 2 nitrogen and oxygen atoms in total. The molecule has 0 bridgehead atoms. The van der Waals surface area contributed by atoms with Gasteiger partial charge < -0.3 is 9.73 Å². The Hall–Kier alpha value is -1.13. The van der Waals surface area contributed by atoms with Crippen LogP contribution >= 0.6 is 15.9 Å². The first kappa shape index (κ1) is 16.2. The van der Waals surface area contributed by atoms with Crippen LogP contribution in [-0.4, -0.2) is 6.54 Å². The van der Waals surface area contributed by atoms with Crippen LogP contribution in [0.15, 0.2) is 39.2 Å². The van der Waals surface area contributed by atoms with Crippen LogP contribution in [-0.2, 0) is 12.8 Å². The second kappa shape index (κ2) is 7.76. The first-order valence-corrected chi connectivity index (χ1v) is 8.19. The molecular weight excluding hydrogens is 333 g/mol. The molecule has 1 N–H and O–H groups in total. The molecule has 0 saturated carbocycles. The Morgan fingerprint density at radius 2 is 2.05 bits per heavy atom. The highest BCUT2D eigenvalue weighted by Gasteiger charge is 2.17. The summed E-state index contributed by atoms with van der Waals surface area (Å²) < 4.78 is 20.6. The van der Waals surface area contributed by atoms with Crippen LogP contribution in [0.1, 0.15) is 43.4 Å². The van der Waals surface area contributed by atoms with Crippen LogP contribution in [0.2, 0.25) is 0 Å². The number of aryl methyl sites for hydroxylation is 1. The van der Waals surface area contributed by atoms with Gasteiger partial charge in [-0.3, -0.25) is 0 Å². The van der Waals surface area contributed by atoms with E-state index in [1.54, 1.807) is 0 Å². The molecule has 0 saturated heterocycles. The maximum Gasteiger partial charge on any atom is 0.127 e. The Balaban J connectivity index is 2.19. The van der Waals surface area contributed by atoms with Gasteiger partial charge in [-0.05, 0) is 49.2 Å². The van der Waals surface area contributed by atoms with Crippen LogP contribution in [0.5, 0.6) is 0 Å². The van der Waals surface area contributed by atoms with E-state index in [0.717, 1.165) is 35.4 Å². The van der Waals surface area contributed by atoms with Crippen LogP contribution in [0, 0.1) is 5.82 Å². The highest BCUT2D eigenvalue weighted by molar-refractivity contribution is 9.10. The zero-order chi connectivity index (χ0) is 15.2. The van der Waals surface area contributed by atoms with E-state index in [2.05, 4.69) is 35.1 Å². The lowest BCUT2D eigenvalue weighted by Crippen LogP contribution is -2.24. The fourth-order valence-corrected chi connectivity index (χ4v) is 2.60. The minimum absolute atomic E-state index is 0.000857. The molecule has 2 aromatic rings. The molecule has 21 heavy (non-hydrogen) atoms. The molecule has 1 atom stereocenters. The molecule has 2 rings (SSSR count). The molecule has 4 heteroatoms. The van der Waals surface area contributed by atoms with Crippen molar-refractivity contribution in [3.05, 3.63) is 57.7 Å². The second-order valence-electron chi connectivity index (χ2n) is 5.10. The first-order chi connectivity index (χ1) is 10.1. The van der Waals surface area contributed by atoms with Gasteiger partial charge in [0.2, 0.25) is 0 Å². The third-order valence-corrected chi connectivity index (χ3v) is 3.95. The van der Waals surface area contributed by atoms with E-state index >= 15 is 0 Å². The molecule has 0 radical (unpaired) electrons. The third-order valence-electron chi connectivity index (χ3n) is 3.45. The largest absolute Gasteiger partial charge is 0.464 e. The van der Waals surface area contributed by atoms with E-state index in [0.29, 0.717) is 12.0 Å². The van der Waals surface area contributed by atoms with Gasteiger partial charge in [0, 0.05) is 10.9 Å². The Morgan fingerprint density at radius 1 is 1.24 bits per heavy atom.